The second kappa shape index (κ2) is 10.9. The van der Waals surface area contributed by atoms with E-state index in [0.29, 0.717) is 6.61 Å². The van der Waals surface area contributed by atoms with Crippen molar-refractivity contribution in [2.24, 2.45) is 0 Å². The maximum absolute atomic E-state index is 7.58. The van der Waals surface area contributed by atoms with E-state index in [1.165, 1.54) is 15.9 Å². The van der Waals surface area contributed by atoms with Crippen molar-refractivity contribution in [2.45, 2.75) is 11.7 Å². The third-order valence-corrected chi connectivity index (χ3v) is 12.5. The molecule has 1 atom stereocenters. The second-order valence-corrected chi connectivity index (χ2v) is 13.3. The van der Waals surface area contributed by atoms with Crippen LogP contribution in [0.25, 0.3) is 0 Å². The molecule has 0 radical (unpaired) electrons. The van der Waals surface area contributed by atoms with Crippen molar-refractivity contribution in [3.05, 3.63) is 157 Å². The predicted molar refractivity (Wildman–Crippen MR) is 152 cm³/mol. The quantitative estimate of drug-likeness (QED) is 0.163. The predicted octanol–water partition coefficient (Wildman–Crippen LogP) is 7.23. The Morgan fingerprint density at radius 2 is 0.914 bits per heavy atom. The van der Waals surface area contributed by atoms with Crippen LogP contribution in [-0.2, 0) is 6.61 Å². The summed E-state index contributed by atoms with van der Waals surface area (Å²) in [6.07, 6.45) is 0. The molecule has 174 valence electrons. The molecule has 5 rings (SSSR count). The number of halogens is 1. The molecule has 0 N–H and O–H groups in total. The van der Waals surface area contributed by atoms with Crippen LogP contribution in [0.1, 0.15) is 16.2 Å². The normalized spacial score (nSPS) is 12.6. The molecule has 3 heteroatoms. The van der Waals surface area contributed by atoms with Crippen molar-refractivity contribution in [3.8, 4) is 5.75 Å². The van der Waals surface area contributed by atoms with Crippen molar-refractivity contribution < 1.29 is 4.74 Å². The number of rotatable bonds is 8. The van der Waals surface area contributed by atoms with Gasteiger partial charge in [-0.3, -0.25) is 0 Å². The van der Waals surface area contributed by atoms with Gasteiger partial charge in [0.25, 0.3) is 0 Å². The fourth-order valence-corrected chi connectivity index (χ4v) is 10.8. The van der Waals surface area contributed by atoms with Gasteiger partial charge in [0.2, 0.25) is 0 Å². The summed E-state index contributed by atoms with van der Waals surface area (Å²) >= 11 is 7.58. The molecule has 1 nitrogen and oxygen atoms in total. The molecule has 0 bridgehead atoms. The van der Waals surface area contributed by atoms with E-state index in [9.17, 15) is 0 Å². The minimum atomic E-state index is -2.63. The molecule has 0 heterocycles. The summed E-state index contributed by atoms with van der Waals surface area (Å²) in [4.78, 5) is 0. The molecular weight excluding hydrogens is 467 g/mol. The molecule has 35 heavy (non-hydrogen) atoms. The van der Waals surface area contributed by atoms with Crippen LogP contribution < -0.4 is 20.7 Å². The topological polar surface area (TPSA) is 9.23 Å². The number of benzene rings is 5. The first-order valence-electron chi connectivity index (χ1n) is 11.9. The molecule has 0 saturated carbocycles. The summed E-state index contributed by atoms with van der Waals surface area (Å²) in [5.41, 5.74) is 2.25. The summed E-state index contributed by atoms with van der Waals surface area (Å²) in [6, 6.07) is 50.9. The zero-order valence-corrected chi connectivity index (χ0v) is 21.2. The Hall–Kier alpha value is -3.38. The van der Waals surface area contributed by atoms with Crippen LogP contribution in [0.4, 0.5) is 0 Å². The Balaban J connectivity index is 1.56. The second-order valence-electron chi connectivity index (χ2n) is 8.61. The Labute approximate surface area is 213 Å². The fourth-order valence-electron chi connectivity index (χ4n) is 4.77. The van der Waals surface area contributed by atoms with Gasteiger partial charge in [-0.25, -0.2) is 0 Å². The monoisotopic (exact) mass is 494 g/mol. The Morgan fingerprint density at radius 1 is 0.514 bits per heavy atom. The molecular formula is C32H28ClOP. The summed E-state index contributed by atoms with van der Waals surface area (Å²) in [5, 5.41) is 3.67. The first-order valence-corrected chi connectivity index (χ1v) is 14.4. The van der Waals surface area contributed by atoms with Crippen LogP contribution >= 0.6 is 18.9 Å². The standard InChI is InChI=1S/C32H28ClOP/c33-32(27-21-23-28(24-22-27)34-25-26-13-5-1-6-14-26)35(29-15-7-2-8-16-29,30-17-9-3-10-18-30)31-19-11-4-12-20-31/h1-24,32,35H,25H2. The molecule has 5 aromatic carbocycles. The van der Waals surface area contributed by atoms with Gasteiger partial charge in [-0.15, -0.1) is 0 Å². The first-order chi connectivity index (χ1) is 17.3. The average Bonchev–Trinajstić information content (AvgIpc) is 2.95. The maximum atomic E-state index is 7.58. The molecule has 0 saturated heterocycles. The van der Waals surface area contributed by atoms with Crippen molar-refractivity contribution in [1.29, 1.82) is 0 Å². The van der Waals surface area contributed by atoms with Crippen LogP contribution in [-0.4, -0.2) is 0 Å². The van der Waals surface area contributed by atoms with Gasteiger partial charge >= 0.3 is 214 Å². The molecule has 5 aromatic rings. The van der Waals surface area contributed by atoms with Gasteiger partial charge in [-0.1, -0.05) is 0 Å². The summed E-state index contributed by atoms with van der Waals surface area (Å²) < 4.78 is 6.03. The molecule has 0 spiro atoms. The van der Waals surface area contributed by atoms with E-state index in [2.05, 4.69) is 115 Å². The molecule has 1 unspecified atom stereocenters. The van der Waals surface area contributed by atoms with Gasteiger partial charge in [0.05, 0.1) is 0 Å². The van der Waals surface area contributed by atoms with Gasteiger partial charge in [0.1, 0.15) is 0 Å². The van der Waals surface area contributed by atoms with E-state index in [1.807, 2.05) is 30.3 Å². The van der Waals surface area contributed by atoms with E-state index in [-0.39, 0.29) is 5.12 Å². The van der Waals surface area contributed by atoms with Crippen LogP contribution in [0.5, 0.6) is 5.75 Å². The van der Waals surface area contributed by atoms with Gasteiger partial charge in [-0.05, 0) is 0 Å². The summed E-state index contributed by atoms with van der Waals surface area (Å²) in [5.74, 6) is 0.841. The van der Waals surface area contributed by atoms with E-state index in [0.717, 1.165) is 16.9 Å². The first kappa shape index (κ1) is 23.4. The summed E-state index contributed by atoms with van der Waals surface area (Å²) in [7, 11) is -2.63. The number of ether oxygens (including phenoxy) is 1. The van der Waals surface area contributed by atoms with Crippen molar-refractivity contribution in [1.82, 2.24) is 0 Å². The van der Waals surface area contributed by atoms with E-state index in [1.54, 1.807) is 0 Å². The molecule has 0 aliphatic carbocycles. The van der Waals surface area contributed by atoms with Crippen LogP contribution in [0.2, 0.25) is 0 Å². The van der Waals surface area contributed by atoms with E-state index >= 15 is 0 Å². The van der Waals surface area contributed by atoms with Gasteiger partial charge in [0, 0.05) is 0 Å². The van der Waals surface area contributed by atoms with Gasteiger partial charge < -0.3 is 0 Å². The molecule has 0 aliphatic rings. The number of hydrogen-bond donors (Lipinski definition) is 0. The van der Waals surface area contributed by atoms with Crippen LogP contribution in [0, 0.1) is 0 Å². The van der Waals surface area contributed by atoms with Crippen molar-refractivity contribution in [3.63, 3.8) is 0 Å². The number of hydrogen-bond acceptors (Lipinski definition) is 1. The van der Waals surface area contributed by atoms with Gasteiger partial charge in [0.15, 0.2) is 0 Å². The SMILES string of the molecule is ClC(c1ccc(OCc2ccccc2)cc1)[PH](c1ccccc1)(c1ccccc1)c1ccccc1. The third-order valence-electron chi connectivity index (χ3n) is 6.49. The summed E-state index contributed by atoms with van der Waals surface area (Å²) in [6.45, 7) is 0.543. The average molecular weight is 495 g/mol. The van der Waals surface area contributed by atoms with Crippen LogP contribution in [0.15, 0.2) is 146 Å². The Morgan fingerprint density at radius 3 is 1.34 bits per heavy atom. The molecule has 0 aromatic heterocycles. The zero-order valence-electron chi connectivity index (χ0n) is 19.4. The molecule has 0 aliphatic heterocycles. The minimum absolute atomic E-state index is 0.210. The fraction of sp³-hybridized carbons (Fsp3) is 0.0625. The Bertz CT molecular complexity index is 1230. The van der Waals surface area contributed by atoms with Crippen LogP contribution in [0.3, 0.4) is 0 Å². The Kier molecular flexibility index (Phi) is 7.28. The molecule has 0 amide bonds. The zero-order chi connectivity index (χ0) is 23.9. The van der Waals surface area contributed by atoms with Gasteiger partial charge in [-0.2, -0.15) is 0 Å². The third kappa shape index (κ3) is 4.89. The van der Waals surface area contributed by atoms with Crippen molar-refractivity contribution >= 4 is 34.8 Å². The number of alkyl halides is 1. The van der Waals surface area contributed by atoms with Crippen molar-refractivity contribution in [2.75, 3.05) is 0 Å². The molecule has 0 fully saturated rings. The van der Waals surface area contributed by atoms with E-state index < -0.39 is 7.26 Å². The van der Waals surface area contributed by atoms with E-state index in [4.69, 9.17) is 16.3 Å².